The molecule has 2 nitrogen and oxygen atoms in total. The Balaban J connectivity index is 2.40. The van der Waals surface area contributed by atoms with Crippen LogP contribution >= 0.6 is 0 Å². The van der Waals surface area contributed by atoms with Crippen molar-refractivity contribution in [2.45, 2.75) is 72.0 Å². The Hall–Kier alpha value is -0.0800. The molecule has 0 aromatic heterocycles. The van der Waals surface area contributed by atoms with Gasteiger partial charge in [-0.2, -0.15) is 0 Å². The van der Waals surface area contributed by atoms with E-state index in [0.29, 0.717) is 6.04 Å². The molecule has 0 saturated carbocycles. The molecule has 0 spiro atoms. The van der Waals surface area contributed by atoms with E-state index >= 15 is 0 Å². The van der Waals surface area contributed by atoms with Crippen LogP contribution in [0.15, 0.2) is 0 Å². The molecule has 2 atom stereocenters. The van der Waals surface area contributed by atoms with Crippen LogP contribution in [0.1, 0.15) is 53.9 Å². The molecule has 0 aromatic rings. The van der Waals surface area contributed by atoms with E-state index in [2.05, 4.69) is 44.4 Å². The van der Waals surface area contributed by atoms with Crippen LogP contribution < -0.4 is 0 Å². The minimum absolute atomic E-state index is 0.690. The van der Waals surface area contributed by atoms with E-state index in [4.69, 9.17) is 0 Å². The fraction of sp³-hybridized carbons (Fsp3) is 1.00. The molecule has 2 heteroatoms. The molecule has 96 valence electrons. The maximum Gasteiger partial charge on any atom is 0.0198 e. The highest BCUT2D eigenvalue weighted by Gasteiger charge is 2.29. The van der Waals surface area contributed by atoms with Crippen LogP contribution in [0.25, 0.3) is 0 Å². The van der Waals surface area contributed by atoms with E-state index < -0.39 is 0 Å². The van der Waals surface area contributed by atoms with Gasteiger partial charge in [0.2, 0.25) is 0 Å². The Morgan fingerprint density at radius 2 is 1.75 bits per heavy atom. The Morgan fingerprint density at radius 3 is 2.31 bits per heavy atom. The topological polar surface area (TPSA) is 6.48 Å². The zero-order chi connectivity index (χ0) is 12.1. The van der Waals surface area contributed by atoms with Crippen molar-refractivity contribution in [3.8, 4) is 0 Å². The summed E-state index contributed by atoms with van der Waals surface area (Å²) in [5, 5.41) is 0. The van der Waals surface area contributed by atoms with E-state index in [1.165, 1.54) is 38.9 Å². The summed E-state index contributed by atoms with van der Waals surface area (Å²) in [5.74, 6) is 0. The summed E-state index contributed by atoms with van der Waals surface area (Å²) in [4.78, 5) is 5.32. The first-order chi connectivity index (χ1) is 7.56. The lowest BCUT2D eigenvalue weighted by molar-refractivity contribution is 0.0230. The summed E-state index contributed by atoms with van der Waals surface area (Å²) in [5.41, 5.74) is 0. The first kappa shape index (κ1) is 14.0. The van der Waals surface area contributed by atoms with Gasteiger partial charge >= 0.3 is 0 Å². The van der Waals surface area contributed by atoms with Crippen LogP contribution in [0.4, 0.5) is 0 Å². The third-order valence-corrected chi connectivity index (χ3v) is 3.88. The highest BCUT2D eigenvalue weighted by molar-refractivity contribution is 4.85. The summed E-state index contributed by atoms with van der Waals surface area (Å²) < 4.78 is 0. The number of piperazine rings is 1. The third-order valence-electron chi connectivity index (χ3n) is 3.88. The van der Waals surface area contributed by atoms with Crippen LogP contribution in [0.3, 0.4) is 0 Å². The van der Waals surface area contributed by atoms with Crippen molar-refractivity contribution < 1.29 is 0 Å². The summed E-state index contributed by atoms with van der Waals surface area (Å²) in [7, 11) is 0. The zero-order valence-corrected chi connectivity index (χ0v) is 11.9. The molecular weight excluding hydrogens is 196 g/mol. The average molecular weight is 226 g/mol. The molecule has 1 heterocycles. The average Bonchev–Trinajstić information content (AvgIpc) is 2.22. The number of unbranched alkanes of at least 4 members (excludes halogenated alkanes) is 2. The molecule has 0 aliphatic carbocycles. The maximum atomic E-state index is 2.68. The van der Waals surface area contributed by atoms with E-state index in [9.17, 15) is 0 Å². The number of hydrogen-bond acceptors (Lipinski definition) is 2. The molecule has 0 aromatic carbocycles. The van der Waals surface area contributed by atoms with Gasteiger partial charge < -0.3 is 0 Å². The fourth-order valence-electron chi connectivity index (χ4n) is 2.82. The van der Waals surface area contributed by atoms with Crippen molar-refractivity contribution in [3.05, 3.63) is 0 Å². The SMILES string of the molecule is CCCCCN1C[C@@H](C)N(C(C)C)C[C@H]1C. The molecule has 0 N–H and O–H groups in total. The van der Waals surface area contributed by atoms with E-state index in [-0.39, 0.29) is 0 Å². The minimum atomic E-state index is 0.690. The van der Waals surface area contributed by atoms with Crippen LogP contribution in [-0.2, 0) is 0 Å². The van der Waals surface area contributed by atoms with Crippen LogP contribution in [0, 0.1) is 0 Å². The van der Waals surface area contributed by atoms with Crippen molar-refractivity contribution in [1.29, 1.82) is 0 Å². The highest BCUT2D eigenvalue weighted by Crippen LogP contribution is 2.18. The lowest BCUT2D eigenvalue weighted by atomic mass is 10.1. The lowest BCUT2D eigenvalue weighted by Gasteiger charge is -2.46. The Labute approximate surface area is 102 Å². The van der Waals surface area contributed by atoms with E-state index in [0.717, 1.165) is 12.1 Å². The number of nitrogens with zero attached hydrogens (tertiary/aromatic N) is 2. The zero-order valence-electron chi connectivity index (χ0n) is 11.9. The first-order valence-corrected chi connectivity index (χ1v) is 7.06. The molecule has 1 fully saturated rings. The third kappa shape index (κ3) is 3.74. The predicted molar refractivity (Wildman–Crippen MR) is 71.9 cm³/mol. The van der Waals surface area contributed by atoms with E-state index in [1.807, 2.05) is 0 Å². The van der Waals surface area contributed by atoms with Gasteiger partial charge in [0, 0.05) is 31.2 Å². The molecule has 0 amide bonds. The predicted octanol–water partition coefficient (Wildman–Crippen LogP) is 2.98. The van der Waals surface area contributed by atoms with Gasteiger partial charge in [0.25, 0.3) is 0 Å². The second-order valence-corrected chi connectivity index (χ2v) is 5.69. The summed E-state index contributed by atoms with van der Waals surface area (Å²) in [6.45, 7) is 15.5. The summed E-state index contributed by atoms with van der Waals surface area (Å²) >= 11 is 0. The molecule has 0 radical (unpaired) electrons. The van der Waals surface area contributed by atoms with Gasteiger partial charge in [0.15, 0.2) is 0 Å². The second kappa shape index (κ2) is 6.61. The van der Waals surface area contributed by atoms with Gasteiger partial charge in [-0.3, -0.25) is 9.80 Å². The van der Waals surface area contributed by atoms with E-state index in [1.54, 1.807) is 0 Å². The molecule has 1 aliphatic heterocycles. The molecule has 16 heavy (non-hydrogen) atoms. The largest absolute Gasteiger partial charge is 0.298 e. The fourth-order valence-corrected chi connectivity index (χ4v) is 2.82. The maximum absolute atomic E-state index is 2.68. The number of rotatable bonds is 5. The second-order valence-electron chi connectivity index (χ2n) is 5.69. The number of hydrogen-bond donors (Lipinski definition) is 0. The van der Waals surface area contributed by atoms with Crippen LogP contribution in [-0.4, -0.2) is 47.6 Å². The van der Waals surface area contributed by atoms with Crippen molar-refractivity contribution in [2.75, 3.05) is 19.6 Å². The highest BCUT2D eigenvalue weighted by atomic mass is 15.3. The lowest BCUT2D eigenvalue weighted by Crippen LogP contribution is -2.58. The van der Waals surface area contributed by atoms with Crippen molar-refractivity contribution in [3.63, 3.8) is 0 Å². The normalized spacial score (nSPS) is 28.9. The monoisotopic (exact) mass is 226 g/mol. The minimum Gasteiger partial charge on any atom is -0.298 e. The molecule has 1 rings (SSSR count). The van der Waals surface area contributed by atoms with Crippen molar-refractivity contribution >= 4 is 0 Å². The first-order valence-electron chi connectivity index (χ1n) is 7.06. The van der Waals surface area contributed by atoms with Gasteiger partial charge in [-0.05, 0) is 40.7 Å². The molecule has 0 bridgehead atoms. The van der Waals surface area contributed by atoms with Crippen LogP contribution in [0.2, 0.25) is 0 Å². The van der Waals surface area contributed by atoms with Gasteiger partial charge in [0.05, 0.1) is 0 Å². The summed E-state index contributed by atoms with van der Waals surface area (Å²) in [6.07, 6.45) is 4.08. The smallest absolute Gasteiger partial charge is 0.0198 e. The molecule has 1 saturated heterocycles. The molecular formula is C14H30N2. The molecule has 1 aliphatic rings. The summed E-state index contributed by atoms with van der Waals surface area (Å²) in [6, 6.07) is 2.14. The van der Waals surface area contributed by atoms with Gasteiger partial charge in [-0.15, -0.1) is 0 Å². The Kier molecular flexibility index (Phi) is 5.77. The van der Waals surface area contributed by atoms with Gasteiger partial charge in [0.1, 0.15) is 0 Å². The quantitative estimate of drug-likeness (QED) is 0.665. The van der Waals surface area contributed by atoms with Crippen LogP contribution in [0.5, 0.6) is 0 Å². The Bertz CT molecular complexity index is 191. The standard InChI is InChI=1S/C14H30N2/c1-6-7-8-9-15-10-14(5)16(12(2)3)11-13(15)4/h12-14H,6-11H2,1-5H3/t13-,14-/m1/s1. The van der Waals surface area contributed by atoms with Crippen molar-refractivity contribution in [1.82, 2.24) is 9.80 Å². The Morgan fingerprint density at radius 1 is 1.06 bits per heavy atom. The van der Waals surface area contributed by atoms with Crippen molar-refractivity contribution in [2.24, 2.45) is 0 Å². The van der Waals surface area contributed by atoms with Gasteiger partial charge in [-0.25, -0.2) is 0 Å². The molecule has 0 unspecified atom stereocenters. The van der Waals surface area contributed by atoms with Gasteiger partial charge in [-0.1, -0.05) is 19.8 Å².